The third-order valence-electron chi connectivity index (χ3n) is 3.79. The van der Waals surface area contributed by atoms with Crippen molar-refractivity contribution in [3.05, 3.63) is 0 Å². The maximum absolute atomic E-state index is 9.17. The predicted octanol–water partition coefficient (Wildman–Crippen LogP) is 2.42. The molecule has 15 heavy (non-hydrogen) atoms. The maximum Gasteiger partial charge on any atom is 0.0473 e. The second-order valence-electron chi connectivity index (χ2n) is 5.33. The third kappa shape index (κ3) is 4.98. The second-order valence-corrected chi connectivity index (χ2v) is 5.33. The van der Waals surface area contributed by atoms with E-state index in [2.05, 4.69) is 19.2 Å². The smallest absolute Gasteiger partial charge is 0.0473 e. The highest BCUT2D eigenvalue weighted by Crippen LogP contribution is 2.26. The van der Waals surface area contributed by atoms with Crippen molar-refractivity contribution in [1.82, 2.24) is 5.32 Å². The van der Waals surface area contributed by atoms with Crippen LogP contribution in [0.2, 0.25) is 0 Å². The largest absolute Gasteiger partial charge is 0.396 e. The first-order chi connectivity index (χ1) is 7.24. The van der Waals surface area contributed by atoms with Gasteiger partial charge in [-0.1, -0.05) is 39.5 Å². The zero-order chi connectivity index (χ0) is 11.1. The van der Waals surface area contributed by atoms with E-state index in [9.17, 15) is 0 Å². The van der Waals surface area contributed by atoms with Crippen LogP contribution in [0, 0.1) is 17.8 Å². The number of aliphatic hydroxyl groups excluding tert-OH is 1. The molecule has 1 saturated carbocycles. The first-order valence-corrected chi connectivity index (χ1v) is 6.55. The number of hydrogen-bond acceptors (Lipinski definition) is 2. The molecule has 0 amide bonds. The Bertz CT molecular complexity index is 153. The van der Waals surface area contributed by atoms with E-state index in [0.29, 0.717) is 18.4 Å². The van der Waals surface area contributed by atoms with Crippen LogP contribution in [-0.4, -0.2) is 24.8 Å². The summed E-state index contributed by atoms with van der Waals surface area (Å²) in [6, 6.07) is 0. The monoisotopic (exact) mass is 213 g/mol. The fourth-order valence-corrected chi connectivity index (χ4v) is 2.40. The van der Waals surface area contributed by atoms with E-state index in [-0.39, 0.29) is 0 Å². The lowest BCUT2D eigenvalue weighted by molar-refractivity contribution is 0.186. The Labute approximate surface area is 94.5 Å². The van der Waals surface area contributed by atoms with E-state index < -0.39 is 0 Å². The average Bonchev–Trinajstić information content (AvgIpc) is 2.70. The van der Waals surface area contributed by atoms with Crippen molar-refractivity contribution in [2.24, 2.45) is 17.8 Å². The molecule has 0 spiro atoms. The van der Waals surface area contributed by atoms with Gasteiger partial charge in [-0.3, -0.25) is 0 Å². The van der Waals surface area contributed by atoms with Crippen molar-refractivity contribution in [3.63, 3.8) is 0 Å². The molecule has 0 heterocycles. The van der Waals surface area contributed by atoms with Crippen LogP contribution in [0.1, 0.15) is 46.0 Å². The SMILES string of the molecule is CC(C)C(CO)CNCCC1CCCC1. The fourth-order valence-electron chi connectivity index (χ4n) is 2.40. The Morgan fingerprint density at radius 2 is 1.93 bits per heavy atom. The zero-order valence-electron chi connectivity index (χ0n) is 10.3. The Morgan fingerprint density at radius 3 is 2.47 bits per heavy atom. The number of hydrogen-bond donors (Lipinski definition) is 2. The molecule has 0 aliphatic heterocycles. The molecular formula is C13H27NO. The Balaban J connectivity index is 1.99. The molecule has 1 atom stereocenters. The summed E-state index contributed by atoms with van der Waals surface area (Å²) in [5.74, 6) is 1.98. The molecule has 1 rings (SSSR count). The molecular weight excluding hydrogens is 186 g/mol. The Morgan fingerprint density at radius 1 is 1.27 bits per heavy atom. The molecule has 2 nitrogen and oxygen atoms in total. The summed E-state index contributed by atoms with van der Waals surface area (Å²) in [4.78, 5) is 0. The van der Waals surface area contributed by atoms with Crippen LogP contribution in [0.4, 0.5) is 0 Å². The molecule has 2 N–H and O–H groups in total. The average molecular weight is 213 g/mol. The van der Waals surface area contributed by atoms with Gasteiger partial charge in [-0.15, -0.1) is 0 Å². The van der Waals surface area contributed by atoms with Crippen molar-refractivity contribution >= 4 is 0 Å². The van der Waals surface area contributed by atoms with Gasteiger partial charge in [0.1, 0.15) is 0 Å². The van der Waals surface area contributed by atoms with E-state index in [1.807, 2.05) is 0 Å². The Hall–Kier alpha value is -0.0800. The lowest BCUT2D eigenvalue weighted by atomic mass is 9.96. The summed E-state index contributed by atoms with van der Waals surface area (Å²) in [5, 5.41) is 12.7. The minimum absolute atomic E-state index is 0.314. The highest BCUT2D eigenvalue weighted by molar-refractivity contribution is 4.69. The first kappa shape index (κ1) is 13.0. The van der Waals surface area contributed by atoms with Gasteiger partial charge in [0.05, 0.1) is 0 Å². The maximum atomic E-state index is 9.17. The molecule has 0 aromatic rings. The molecule has 2 heteroatoms. The van der Waals surface area contributed by atoms with Crippen LogP contribution in [0.5, 0.6) is 0 Å². The van der Waals surface area contributed by atoms with Gasteiger partial charge in [-0.25, -0.2) is 0 Å². The molecule has 0 saturated heterocycles. The van der Waals surface area contributed by atoms with Gasteiger partial charge < -0.3 is 10.4 Å². The van der Waals surface area contributed by atoms with Gasteiger partial charge in [0.2, 0.25) is 0 Å². The van der Waals surface area contributed by atoms with Crippen molar-refractivity contribution in [2.45, 2.75) is 46.0 Å². The van der Waals surface area contributed by atoms with Crippen LogP contribution >= 0.6 is 0 Å². The van der Waals surface area contributed by atoms with Gasteiger partial charge in [-0.2, -0.15) is 0 Å². The predicted molar refractivity (Wildman–Crippen MR) is 64.9 cm³/mol. The lowest BCUT2D eigenvalue weighted by Crippen LogP contribution is -2.29. The fraction of sp³-hybridized carbons (Fsp3) is 1.00. The summed E-state index contributed by atoms with van der Waals surface area (Å²) in [7, 11) is 0. The zero-order valence-corrected chi connectivity index (χ0v) is 10.3. The normalized spacial score (nSPS) is 20.0. The Kier molecular flexibility index (Phi) is 6.26. The van der Waals surface area contributed by atoms with Gasteiger partial charge in [0.25, 0.3) is 0 Å². The van der Waals surface area contributed by atoms with Crippen molar-refractivity contribution in [3.8, 4) is 0 Å². The van der Waals surface area contributed by atoms with E-state index in [4.69, 9.17) is 5.11 Å². The van der Waals surface area contributed by atoms with Crippen LogP contribution in [0.15, 0.2) is 0 Å². The van der Waals surface area contributed by atoms with Gasteiger partial charge in [0.15, 0.2) is 0 Å². The standard InChI is InChI=1S/C13H27NO/c1-11(2)13(10-15)9-14-8-7-12-5-3-4-6-12/h11-15H,3-10H2,1-2H3. The highest BCUT2D eigenvalue weighted by atomic mass is 16.3. The number of aliphatic hydroxyl groups is 1. The number of nitrogens with one attached hydrogen (secondary N) is 1. The second kappa shape index (κ2) is 7.24. The van der Waals surface area contributed by atoms with Gasteiger partial charge >= 0.3 is 0 Å². The molecule has 1 aliphatic rings. The van der Waals surface area contributed by atoms with Crippen LogP contribution < -0.4 is 5.32 Å². The van der Waals surface area contributed by atoms with E-state index >= 15 is 0 Å². The van der Waals surface area contributed by atoms with Crippen molar-refractivity contribution in [2.75, 3.05) is 19.7 Å². The molecule has 90 valence electrons. The van der Waals surface area contributed by atoms with Gasteiger partial charge in [0, 0.05) is 13.2 Å². The molecule has 0 aromatic carbocycles. The molecule has 0 radical (unpaired) electrons. The summed E-state index contributed by atoms with van der Waals surface area (Å²) < 4.78 is 0. The molecule has 1 unspecified atom stereocenters. The highest BCUT2D eigenvalue weighted by Gasteiger charge is 2.15. The lowest BCUT2D eigenvalue weighted by Gasteiger charge is -2.19. The van der Waals surface area contributed by atoms with Gasteiger partial charge in [-0.05, 0) is 30.7 Å². The molecule has 1 fully saturated rings. The first-order valence-electron chi connectivity index (χ1n) is 6.55. The minimum Gasteiger partial charge on any atom is -0.396 e. The van der Waals surface area contributed by atoms with Crippen LogP contribution in [0.3, 0.4) is 0 Å². The minimum atomic E-state index is 0.314. The van der Waals surface area contributed by atoms with E-state index in [1.165, 1.54) is 32.1 Å². The van der Waals surface area contributed by atoms with Crippen molar-refractivity contribution in [1.29, 1.82) is 0 Å². The molecule has 1 aliphatic carbocycles. The summed E-state index contributed by atoms with van der Waals surface area (Å²) in [6.45, 7) is 6.78. The quantitative estimate of drug-likeness (QED) is 0.637. The van der Waals surface area contributed by atoms with E-state index in [1.54, 1.807) is 0 Å². The van der Waals surface area contributed by atoms with Crippen LogP contribution in [-0.2, 0) is 0 Å². The third-order valence-corrected chi connectivity index (χ3v) is 3.79. The van der Waals surface area contributed by atoms with Crippen LogP contribution in [0.25, 0.3) is 0 Å². The number of rotatable bonds is 7. The topological polar surface area (TPSA) is 32.3 Å². The summed E-state index contributed by atoms with van der Waals surface area (Å²) >= 11 is 0. The summed E-state index contributed by atoms with van der Waals surface area (Å²) in [6.07, 6.45) is 7.09. The molecule has 0 aromatic heterocycles. The summed E-state index contributed by atoms with van der Waals surface area (Å²) in [5.41, 5.74) is 0. The molecule has 0 bridgehead atoms. The van der Waals surface area contributed by atoms with E-state index in [0.717, 1.165) is 19.0 Å². The van der Waals surface area contributed by atoms with Crippen molar-refractivity contribution < 1.29 is 5.11 Å².